The molecule has 0 aromatic carbocycles. The van der Waals surface area contributed by atoms with Crippen molar-refractivity contribution < 1.29 is 9.90 Å². The van der Waals surface area contributed by atoms with E-state index in [0.717, 1.165) is 25.8 Å². The predicted molar refractivity (Wildman–Crippen MR) is 62.2 cm³/mol. The largest absolute Gasteiger partial charge is 0.394 e. The minimum Gasteiger partial charge on any atom is -0.394 e. The van der Waals surface area contributed by atoms with Gasteiger partial charge in [-0.25, -0.2) is 0 Å². The molecular weight excluding hydrogens is 216 g/mol. The highest BCUT2D eigenvalue weighted by molar-refractivity contribution is 5.85. The lowest BCUT2D eigenvalue weighted by molar-refractivity contribution is -0.125. The lowest BCUT2D eigenvalue weighted by Crippen LogP contribution is -2.54. The number of aliphatic hydroxyl groups excluding tert-OH is 1. The van der Waals surface area contributed by atoms with Gasteiger partial charge >= 0.3 is 0 Å². The Balaban J connectivity index is 0.00000196. The van der Waals surface area contributed by atoms with E-state index in [-0.39, 0.29) is 31.0 Å². The monoisotopic (exact) mass is 236 g/mol. The second-order valence-electron chi connectivity index (χ2n) is 4.53. The lowest BCUT2D eigenvalue weighted by atomic mass is 10.0. The summed E-state index contributed by atoms with van der Waals surface area (Å²) in [6, 6.07) is -0.0745. The zero-order valence-electron chi connectivity index (χ0n) is 9.38. The first-order valence-electron chi connectivity index (χ1n) is 5.21. The Morgan fingerprint density at radius 2 is 2.20 bits per heavy atom. The van der Waals surface area contributed by atoms with E-state index < -0.39 is 5.54 Å². The highest BCUT2D eigenvalue weighted by atomic mass is 35.5. The number of aliphatic hydroxyl groups is 1. The van der Waals surface area contributed by atoms with Crippen LogP contribution < -0.4 is 10.6 Å². The van der Waals surface area contributed by atoms with Crippen LogP contribution in [0.15, 0.2) is 0 Å². The first-order chi connectivity index (χ1) is 6.55. The SMILES string of the molecule is CC(C)(CO)NC(=O)C1CCCCN1.Cl. The van der Waals surface area contributed by atoms with Crippen molar-refractivity contribution >= 4 is 18.3 Å². The zero-order valence-corrected chi connectivity index (χ0v) is 10.2. The van der Waals surface area contributed by atoms with Gasteiger partial charge in [-0.1, -0.05) is 6.42 Å². The van der Waals surface area contributed by atoms with Crippen molar-refractivity contribution in [1.82, 2.24) is 10.6 Å². The van der Waals surface area contributed by atoms with E-state index >= 15 is 0 Å². The van der Waals surface area contributed by atoms with Crippen molar-refractivity contribution in [3.8, 4) is 0 Å². The molecule has 1 heterocycles. The molecule has 1 amide bonds. The first-order valence-corrected chi connectivity index (χ1v) is 5.21. The number of hydrogen-bond acceptors (Lipinski definition) is 3. The Bertz CT molecular complexity index is 204. The summed E-state index contributed by atoms with van der Waals surface area (Å²) >= 11 is 0. The summed E-state index contributed by atoms with van der Waals surface area (Å²) in [5.74, 6) is 0.00347. The molecular formula is C10H21ClN2O2. The zero-order chi connectivity index (χ0) is 10.6. The Kier molecular flexibility index (Phi) is 6.17. The number of hydrogen-bond donors (Lipinski definition) is 3. The van der Waals surface area contributed by atoms with Gasteiger partial charge in [0.1, 0.15) is 0 Å². The topological polar surface area (TPSA) is 61.4 Å². The molecule has 4 nitrogen and oxygen atoms in total. The van der Waals surface area contributed by atoms with E-state index in [2.05, 4.69) is 10.6 Å². The second kappa shape index (κ2) is 6.30. The molecule has 1 aliphatic heterocycles. The summed E-state index contributed by atoms with van der Waals surface area (Å²) in [6.07, 6.45) is 3.14. The summed E-state index contributed by atoms with van der Waals surface area (Å²) in [7, 11) is 0. The van der Waals surface area contributed by atoms with Crippen LogP contribution in [0.3, 0.4) is 0 Å². The van der Waals surface area contributed by atoms with E-state index in [0.29, 0.717) is 0 Å². The minimum atomic E-state index is -0.518. The molecule has 0 bridgehead atoms. The third-order valence-corrected chi connectivity index (χ3v) is 2.48. The van der Waals surface area contributed by atoms with E-state index in [4.69, 9.17) is 5.11 Å². The minimum absolute atomic E-state index is 0. The maximum atomic E-state index is 11.7. The third kappa shape index (κ3) is 4.82. The van der Waals surface area contributed by atoms with Crippen molar-refractivity contribution in [2.24, 2.45) is 0 Å². The molecule has 1 unspecified atom stereocenters. The van der Waals surface area contributed by atoms with Crippen LogP contribution in [0, 0.1) is 0 Å². The van der Waals surface area contributed by atoms with Gasteiger partial charge in [0.05, 0.1) is 18.2 Å². The molecule has 0 aliphatic carbocycles. The third-order valence-electron chi connectivity index (χ3n) is 2.48. The lowest BCUT2D eigenvalue weighted by Gasteiger charge is -2.29. The number of rotatable bonds is 3. The maximum Gasteiger partial charge on any atom is 0.237 e. The van der Waals surface area contributed by atoms with Gasteiger partial charge in [0.15, 0.2) is 0 Å². The molecule has 0 saturated carbocycles. The molecule has 15 heavy (non-hydrogen) atoms. The van der Waals surface area contributed by atoms with Crippen LogP contribution >= 0.6 is 12.4 Å². The molecule has 0 aromatic rings. The van der Waals surface area contributed by atoms with Gasteiger partial charge in [0.25, 0.3) is 0 Å². The molecule has 0 spiro atoms. The molecule has 1 atom stereocenters. The smallest absolute Gasteiger partial charge is 0.237 e. The number of carbonyl (C=O) groups is 1. The summed E-state index contributed by atoms with van der Waals surface area (Å²) < 4.78 is 0. The number of nitrogens with one attached hydrogen (secondary N) is 2. The van der Waals surface area contributed by atoms with Gasteiger partial charge in [0.2, 0.25) is 5.91 Å². The summed E-state index contributed by atoms with van der Waals surface area (Å²) in [5, 5.41) is 15.0. The molecule has 0 radical (unpaired) electrons. The van der Waals surface area contributed by atoms with E-state index in [1.54, 1.807) is 0 Å². The van der Waals surface area contributed by atoms with Gasteiger partial charge < -0.3 is 15.7 Å². The van der Waals surface area contributed by atoms with Crippen molar-refractivity contribution in [2.75, 3.05) is 13.2 Å². The van der Waals surface area contributed by atoms with E-state index in [1.165, 1.54) is 0 Å². The second-order valence-corrected chi connectivity index (χ2v) is 4.53. The Hall–Kier alpha value is -0.320. The standard InChI is InChI=1S/C10H20N2O2.ClH/c1-10(2,7-13)12-9(14)8-5-3-4-6-11-8;/h8,11,13H,3-7H2,1-2H3,(H,12,14);1H. The summed E-state index contributed by atoms with van der Waals surface area (Å²) in [6.45, 7) is 4.50. The molecule has 3 N–H and O–H groups in total. The fourth-order valence-electron chi connectivity index (χ4n) is 1.54. The van der Waals surface area contributed by atoms with Crippen LogP contribution in [0.5, 0.6) is 0 Å². The van der Waals surface area contributed by atoms with Gasteiger partial charge in [-0.15, -0.1) is 12.4 Å². The average molecular weight is 237 g/mol. The Morgan fingerprint density at radius 3 is 2.67 bits per heavy atom. The first kappa shape index (κ1) is 14.7. The van der Waals surface area contributed by atoms with Crippen molar-refractivity contribution in [3.63, 3.8) is 0 Å². The van der Waals surface area contributed by atoms with Crippen LogP contribution in [0.1, 0.15) is 33.1 Å². The highest BCUT2D eigenvalue weighted by Gasteiger charge is 2.25. The Morgan fingerprint density at radius 1 is 1.53 bits per heavy atom. The van der Waals surface area contributed by atoms with E-state index in [1.807, 2.05) is 13.8 Å². The molecule has 0 aromatic heterocycles. The van der Waals surface area contributed by atoms with Crippen LogP contribution in [-0.4, -0.2) is 35.7 Å². The molecule has 90 valence electrons. The van der Waals surface area contributed by atoms with Crippen molar-refractivity contribution in [2.45, 2.75) is 44.7 Å². The van der Waals surface area contributed by atoms with Crippen LogP contribution in [-0.2, 0) is 4.79 Å². The quantitative estimate of drug-likeness (QED) is 0.667. The van der Waals surface area contributed by atoms with Crippen LogP contribution in [0.25, 0.3) is 0 Å². The predicted octanol–water partition coefficient (Wildman–Crippen LogP) is 0.437. The van der Waals surface area contributed by atoms with Crippen LogP contribution in [0.4, 0.5) is 0 Å². The normalized spacial score (nSPS) is 21.7. The highest BCUT2D eigenvalue weighted by Crippen LogP contribution is 2.08. The average Bonchev–Trinajstić information content (AvgIpc) is 2.19. The summed E-state index contributed by atoms with van der Waals surface area (Å²) in [5.41, 5.74) is -0.518. The van der Waals surface area contributed by atoms with Crippen molar-refractivity contribution in [1.29, 1.82) is 0 Å². The van der Waals surface area contributed by atoms with Gasteiger partial charge in [0, 0.05) is 0 Å². The number of halogens is 1. The molecule has 5 heteroatoms. The fourth-order valence-corrected chi connectivity index (χ4v) is 1.54. The van der Waals surface area contributed by atoms with Crippen LogP contribution in [0.2, 0.25) is 0 Å². The van der Waals surface area contributed by atoms with Gasteiger partial charge in [-0.3, -0.25) is 4.79 Å². The number of piperidine rings is 1. The number of carbonyl (C=O) groups excluding carboxylic acids is 1. The van der Waals surface area contributed by atoms with E-state index in [9.17, 15) is 4.79 Å². The fraction of sp³-hybridized carbons (Fsp3) is 0.900. The molecule has 1 rings (SSSR count). The summed E-state index contributed by atoms with van der Waals surface area (Å²) in [4.78, 5) is 11.7. The molecule has 1 fully saturated rings. The number of amides is 1. The van der Waals surface area contributed by atoms with Gasteiger partial charge in [-0.05, 0) is 33.2 Å². The Labute approximate surface area is 97.2 Å². The molecule has 1 aliphatic rings. The molecule has 1 saturated heterocycles. The van der Waals surface area contributed by atoms with Gasteiger partial charge in [-0.2, -0.15) is 0 Å². The van der Waals surface area contributed by atoms with Crippen molar-refractivity contribution in [3.05, 3.63) is 0 Å². The maximum absolute atomic E-state index is 11.7.